The van der Waals surface area contributed by atoms with E-state index in [2.05, 4.69) is 15.6 Å². The average Bonchev–Trinajstić information content (AvgIpc) is 3.18. The number of amides is 3. The molecule has 0 aliphatic carbocycles. The maximum absolute atomic E-state index is 12.2. The Hall–Kier alpha value is -2.97. The first-order valence-electron chi connectivity index (χ1n) is 7.51. The molecule has 3 rings (SSSR count). The Kier molecular flexibility index (Phi) is 4.41. The van der Waals surface area contributed by atoms with Crippen LogP contribution < -0.4 is 25.2 Å². The highest BCUT2D eigenvalue weighted by molar-refractivity contribution is 6.00. The van der Waals surface area contributed by atoms with Gasteiger partial charge in [0.05, 0.1) is 12.5 Å². The highest BCUT2D eigenvalue weighted by Crippen LogP contribution is 2.37. The summed E-state index contributed by atoms with van der Waals surface area (Å²) < 4.78 is 15.2. The average molecular weight is 335 g/mol. The minimum absolute atomic E-state index is 0.0603. The van der Waals surface area contributed by atoms with Crippen molar-refractivity contribution in [1.82, 2.24) is 10.9 Å². The molecular weight excluding hydrogens is 318 g/mol. The summed E-state index contributed by atoms with van der Waals surface area (Å²) in [6, 6.07) is 5.17. The molecule has 0 spiro atoms. The number of rotatable bonds is 3. The number of carbonyl (C=O) groups is 3. The quantitative estimate of drug-likeness (QED) is 0.781. The zero-order valence-electron chi connectivity index (χ0n) is 13.0. The van der Waals surface area contributed by atoms with Crippen LogP contribution in [0.4, 0.5) is 10.5 Å². The Bertz CT molecular complexity index is 677. The van der Waals surface area contributed by atoms with Gasteiger partial charge in [0.2, 0.25) is 18.6 Å². The number of nitrogens with zero attached hydrogens (tertiary/aromatic N) is 1. The predicted octanol–water partition coefficient (Wildman–Crippen LogP) is 0.545. The van der Waals surface area contributed by atoms with Gasteiger partial charge in [0.25, 0.3) is 0 Å². The molecule has 0 unspecified atom stereocenters. The van der Waals surface area contributed by atoms with Gasteiger partial charge in [0.15, 0.2) is 11.5 Å². The minimum atomic E-state index is -0.747. The molecular formula is C15H17N3O6. The van der Waals surface area contributed by atoms with Crippen LogP contribution in [0.5, 0.6) is 11.5 Å². The van der Waals surface area contributed by atoms with Crippen LogP contribution in [0.15, 0.2) is 18.2 Å². The zero-order chi connectivity index (χ0) is 17.1. The highest BCUT2D eigenvalue weighted by Gasteiger charge is 2.35. The SMILES string of the molecule is CCOC(=O)NNC(=O)[C@H]1CC(=O)N(c2ccc3c(c2)OCO3)C1. The Labute approximate surface area is 137 Å². The number of benzene rings is 1. The van der Waals surface area contributed by atoms with E-state index in [1.807, 2.05) is 0 Å². The van der Waals surface area contributed by atoms with Crippen LogP contribution in [-0.2, 0) is 14.3 Å². The molecule has 0 radical (unpaired) electrons. The molecule has 1 atom stereocenters. The summed E-state index contributed by atoms with van der Waals surface area (Å²) in [6.45, 7) is 2.22. The van der Waals surface area contributed by atoms with Gasteiger partial charge in [-0.05, 0) is 19.1 Å². The fraction of sp³-hybridized carbons (Fsp3) is 0.400. The molecule has 1 fully saturated rings. The van der Waals surface area contributed by atoms with E-state index in [0.717, 1.165) is 0 Å². The molecule has 1 saturated heterocycles. The Morgan fingerprint density at radius 2 is 2.08 bits per heavy atom. The van der Waals surface area contributed by atoms with Crippen molar-refractivity contribution >= 4 is 23.6 Å². The Morgan fingerprint density at radius 3 is 2.88 bits per heavy atom. The van der Waals surface area contributed by atoms with Crippen molar-refractivity contribution < 1.29 is 28.6 Å². The summed E-state index contributed by atoms with van der Waals surface area (Å²) in [7, 11) is 0. The molecule has 1 aromatic rings. The molecule has 0 saturated carbocycles. The molecule has 0 aromatic heterocycles. The lowest BCUT2D eigenvalue weighted by molar-refractivity contribution is -0.127. The van der Waals surface area contributed by atoms with E-state index in [1.165, 1.54) is 4.90 Å². The molecule has 24 heavy (non-hydrogen) atoms. The zero-order valence-corrected chi connectivity index (χ0v) is 13.0. The second kappa shape index (κ2) is 6.65. The van der Waals surface area contributed by atoms with Crippen LogP contribution in [0.3, 0.4) is 0 Å². The van der Waals surface area contributed by atoms with Crippen LogP contribution >= 0.6 is 0 Å². The predicted molar refractivity (Wildman–Crippen MR) is 81.3 cm³/mol. The molecule has 2 aliphatic rings. The monoisotopic (exact) mass is 335 g/mol. The Morgan fingerprint density at radius 1 is 1.29 bits per heavy atom. The van der Waals surface area contributed by atoms with Crippen molar-refractivity contribution in [2.24, 2.45) is 5.92 Å². The van der Waals surface area contributed by atoms with Gasteiger partial charge in [-0.1, -0.05) is 0 Å². The fourth-order valence-electron chi connectivity index (χ4n) is 2.57. The van der Waals surface area contributed by atoms with Gasteiger partial charge in [0.1, 0.15) is 0 Å². The summed E-state index contributed by atoms with van der Waals surface area (Å²) in [5.41, 5.74) is 5.03. The van der Waals surface area contributed by atoms with Crippen LogP contribution in [0.1, 0.15) is 13.3 Å². The molecule has 9 nitrogen and oxygen atoms in total. The number of nitrogens with one attached hydrogen (secondary N) is 2. The lowest BCUT2D eigenvalue weighted by Crippen LogP contribution is -2.45. The van der Waals surface area contributed by atoms with Gasteiger partial charge in [-0.3, -0.25) is 15.0 Å². The molecule has 2 N–H and O–H groups in total. The second-order valence-corrected chi connectivity index (χ2v) is 5.28. The van der Waals surface area contributed by atoms with Gasteiger partial charge >= 0.3 is 6.09 Å². The molecule has 3 amide bonds. The molecule has 1 aromatic carbocycles. The number of hydrogen-bond donors (Lipinski definition) is 2. The first-order valence-corrected chi connectivity index (χ1v) is 7.51. The standard InChI is InChI=1S/C15H17N3O6/c1-2-22-15(21)17-16-14(20)9-5-13(19)18(7-9)10-3-4-11-12(6-10)24-8-23-11/h3-4,6,9H,2,5,7-8H2,1H3,(H,16,20)(H,17,21)/t9-/m0/s1. The van der Waals surface area contributed by atoms with Crippen molar-refractivity contribution in [2.75, 3.05) is 24.8 Å². The topological polar surface area (TPSA) is 106 Å². The van der Waals surface area contributed by atoms with Crippen molar-refractivity contribution in [3.05, 3.63) is 18.2 Å². The summed E-state index contributed by atoms with van der Waals surface area (Å²) >= 11 is 0. The van der Waals surface area contributed by atoms with Gasteiger partial charge in [-0.25, -0.2) is 10.2 Å². The number of hydrogen-bond acceptors (Lipinski definition) is 6. The number of ether oxygens (including phenoxy) is 3. The van der Waals surface area contributed by atoms with Crippen molar-refractivity contribution in [3.8, 4) is 11.5 Å². The van der Waals surface area contributed by atoms with Crippen molar-refractivity contribution in [3.63, 3.8) is 0 Å². The van der Waals surface area contributed by atoms with Crippen LogP contribution in [0, 0.1) is 5.92 Å². The van der Waals surface area contributed by atoms with E-state index >= 15 is 0 Å². The molecule has 2 aliphatic heterocycles. The number of hydrazine groups is 1. The van der Waals surface area contributed by atoms with E-state index in [0.29, 0.717) is 17.2 Å². The smallest absolute Gasteiger partial charge is 0.426 e. The van der Waals surface area contributed by atoms with E-state index in [9.17, 15) is 14.4 Å². The first-order chi connectivity index (χ1) is 11.6. The maximum atomic E-state index is 12.2. The summed E-state index contributed by atoms with van der Waals surface area (Å²) in [4.78, 5) is 36.9. The lowest BCUT2D eigenvalue weighted by atomic mass is 10.1. The highest BCUT2D eigenvalue weighted by atomic mass is 16.7. The third-order valence-electron chi connectivity index (χ3n) is 3.73. The second-order valence-electron chi connectivity index (χ2n) is 5.28. The maximum Gasteiger partial charge on any atom is 0.426 e. The fourth-order valence-corrected chi connectivity index (χ4v) is 2.57. The summed E-state index contributed by atoms with van der Waals surface area (Å²) in [5.74, 6) is 0.00477. The third-order valence-corrected chi connectivity index (χ3v) is 3.73. The van der Waals surface area contributed by atoms with Gasteiger partial charge in [0, 0.05) is 24.7 Å². The van der Waals surface area contributed by atoms with Crippen molar-refractivity contribution in [1.29, 1.82) is 0 Å². The van der Waals surface area contributed by atoms with E-state index in [4.69, 9.17) is 9.47 Å². The Balaban J connectivity index is 1.61. The van der Waals surface area contributed by atoms with E-state index in [-0.39, 0.29) is 32.3 Å². The molecule has 128 valence electrons. The molecule has 0 bridgehead atoms. The number of anilines is 1. The molecule has 2 heterocycles. The van der Waals surface area contributed by atoms with Gasteiger partial charge in [-0.2, -0.15) is 0 Å². The summed E-state index contributed by atoms with van der Waals surface area (Å²) in [6.07, 6.45) is -0.687. The molecule has 9 heteroatoms. The summed E-state index contributed by atoms with van der Waals surface area (Å²) in [5, 5.41) is 0. The largest absolute Gasteiger partial charge is 0.454 e. The van der Waals surface area contributed by atoms with Gasteiger partial charge in [-0.15, -0.1) is 0 Å². The van der Waals surface area contributed by atoms with Crippen LogP contribution in [-0.4, -0.2) is 37.9 Å². The number of fused-ring (bicyclic) bond motifs is 1. The van der Waals surface area contributed by atoms with Crippen LogP contribution in [0.2, 0.25) is 0 Å². The lowest BCUT2D eigenvalue weighted by Gasteiger charge is -2.17. The third kappa shape index (κ3) is 3.19. The number of carbonyl (C=O) groups excluding carboxylic acids is 3. The van der Waals surface area contributed by atoms with Gasteiger partial charge < -0.3 is 19.1 Å². The van der Waals surface area contributed by atoms with E-state index in [1.54, 1.807) is 25.1 Å². The van der Waals surface area contributed by atoms with Crippen molar-refractivity contribution in [2.45, 2.75) is 13.3 Å². The van der Waals surface area contributed by atoms with Crippen LogP contribution in [0.25, 0.3) is 0 Å². The van der Waals surface area contributed by atoms with E-state index < -0.39 is 17.9 Å². The normalized spacial score (nSPS) is 18.5. The minimum Gasteiger partial charge on any atom is -0.454 e. The first kappa shape index (κ1) is 15.9.